The first-order chi connectivity index (χ1) is 8.53. The number of hydrogen-bond donors (Lipinski definition) is 2. The quantitative estimate of drug-likeness (QED) is 0.787. The molecular weight excluding hydrogens is 224 g/mol. The van der Waals surface area contributed by atoms with Crippen molar-refractivity contribution in [2.75, 3.05) is 0 Å². The van der Waals surface area contributed by atoms with E-state index in [0.717, 1.165) is 24.0 Å². The molecule has 100 valence electrons. The largest absolute Gasteiger partial charge is 0.387 e. The van der Waals surface area contributed by atoms with Gasteiger partial charge in [0.2, 0.25) is 0 Å². The third kappa shape index (κ3) is 2.76. The van der Waals surface area contributed by atoms with Crippen LogP contribution in [0.15, 0.2) is 18.2 Å². The van der Waals surface area contributed by atoms with E-state index in [2.05, 4.69) is 6.07 Å². The Morgan fingerprint density at radius 2 is 1.67 bits per heavy atom. The van der Waals surface area contributed by atoms with Crippen LogP contribution in [0, 0.1) is 13.8 Å². The van der Waals surface area contributed by atoms with E-state index in [4.69, 9.17) is 0 Å². The number of aliphatic hydroxyl groups is 2. The Kier molecular flexibility index (Phi) is 4.08. The second-order valence-electron chi connectivity index (χ2n) is 5.78. The van der Waals surface area contributed by atoms with E-state index in [1.807, 2.05) is 26.0 Å². The smallest absolute Gasteiger partial charge is 0.108 e. The molecule has 1 saturated carbocycles. The summed E-state index contributed by atoms with van der Waals surface area (Å²) in [7, 11) is 0. The van der Waals surface area contributed by atoms with E-state index >= 15 is 0 Å². The fraction of sp³-hybridized carbons (Fsp3) is 0.625. The van der Waals surface area contributed by atoms with Crippen LogP contribution in [-0.4, -0.2) is 15.8 Å². The highest BCUT2D eigenvalue weighted by Gasteiger charge is 2.37. The summed E-state index contributed by atoms with van der Waals surface area (Å²) in [5, 5.41) is 21.3. The fourth-order valence-electron chi connectivity index (χ4n) is 3.04. The molecule has 0 aliphatic heterocycles. The molecule has 1 aromatic carbocycles. The minimum Gasteiger partial charge on any atom is -0.387 e. The molecule has 0 bridgehead atoms. The molecule has 0 radical (unpaired) electrons. The highest BCUT2D eigenvalue weighted by atomic mass is 16.3. The van der Waals surface area contributed by atoms with Gasteiger partial charge in [0.25, 0.3) is 0 Å². The molecule has 1 fully saturated rings. The van der Waals surface area contributed by atoms with Crippen molar-refractivity contribution in [2.24, 2.45) is 0 Å². The van der Waals surface area contributed by atoms with Gasteiger partial charge in [0, 0.05) is 0 Å². The standard InChI is InChI=1S/C16H24O2/c1-12-7-8-14(13(2)11-12)15(17)16(18)9-5-3-4-6-10-16/h7-8,11,15,17-18H,3-6,9-10H2,1-2H3. The third-order valence-corrected chi connectivity index (χ3v) is 4.20. The first-order valence-electron chi connectivity index (χ1n) is 7.00. The zero-order valence-corrected chi connectivity index (χ0v) is 11.4. The molecule has 1 aromatic rings. The van der Waals surface area contributed by atoms with Crippen LogP contribution in [0.1, 0.15) is 61.3 Å². The van der Waals surface area contributed by atoms with Crippen molar-refractivity contribution in [3.63, 3.8) is 0 Å². The van der Waals surface area contributed by atoms with Crippen molar-refractivity contribution in [3.8, 4) is 0 Å². The molecule has 0 heterocycles. The molecule has 2 nitrogen and oxygen atoms in total. The highest BCUT2D eigenvalue weighted by Crippen LogP contribution is 2.38. The van der Waals surface area contributed by atoms with Gasteiger partial charge in [0.05, 0.1) is 5.60 Å². The van der Waals surface area contributed by atoms with Crippen LogP contribution in [0.4, 0.5) is 0 Å². The predicted molar refractivity (Wildman–Crippen MR) is 73.5 cm³/mol. The molecule has 1 aliphatic rings. The van der Waals surface area contributed by atoms with Gasteiger partial charge in [-0.05, 0) is 37.8 Å². The summed E-state index contributed by atoms with van der Waals surface area (Å²) in [6.45, 7) is 4.05. The molecule has 18 heavy (non-hydrogen) atoms. The van der Waals surface area contributed by atoms with Crippen molar-refractivity contribution < 1.29 is 10.2 Å². The normalized spacial score (nSPS) is 21.3. The first-order valence-corrected chi connectivity index (χ1v) is 7.00. The number of benzene rings is 1. The van der Waals surface area contributed by atoms with Crippen molar-refractivity contribution >= 4 is 0 Å². The van der Waals surface area contributed by atoms with Crippen LogP contribution < -0.4 is 0 Å². The molecule has 2 N–H and O–H groups in total. The van der Waals surface area contributed by atoms with Crippen LogP contribution in [0.2, 0.25) is 0 Å². The van der Waals surface area contributed by atoms with Crippen LogP contribution >= 0.6 is 0 Å². The van der Waals surface area contributed by atoms with Crippen LogP contribution in [0.3, 0.4) is 0 Å². The summed E-state index contributed by atoms with van der Waals surface area (Å²) < 4.78 is 0. The lowest BCUT2D eigenvalue weighted by Gasteiger charge is -2.33. The van der Waals surface area contributed by atoms with E-state index in [0.29, 0.717) is 12.8 Å². The Balaban J connectivity index is 2.25. The van der Waals surface area contributed by atoms with Gasteiger partial charge in [-0.25, -0.2) is 0 Å². The van der Waals surface area contributed by atoms with E-state index in [1.54, 1.807) is 0 Å². The summed E-state index contributed by atoms with van der Waals surface area (Å²) in [5.74, 6) is 0. The van der Waals surface area contributed by atoms with Gasteiger partial charge in [0.15, 0.2) is 0 Å². The monoisotopic (exact) mass is 248 g/mol. The topological polar surface area (TPSA) is 40.5 Å². The van der Waals surface area contributed by atoms with Gasteiger partial charge in [-0.1, -0.05) is 49.4 Å². The number of aliphatic hydroxyl groups excluding tert-OH is 1. The number of aryl methyl sites for hydroxylation is 2. The molecule has 0 saturated heterocycles. The maximum Gasteiger partial charge on any atom is 0.108 e. The molecule has 1 unspecified atom stereocenters. The lowest BCUT2D eigenvalue weighted by atomic mass is 9.83. The Bertz CT molecular complexity index is 404. The zero-order valence-electron chi connectivity index (χ0n) is 11.4. The maximum absolute atomic E-state index is 10.7. The summed E-state index contributed by atoms with van der Waals surface area (Å²) >= 11 is 0. The SMILES string of the molecule is Cc1ccc(C(O)C2(O)CCCCCC2)c(C)c1. The minimum absolute atomic E-state index is 0.710. The van der Waals surface area contributed by atoms with Gasteiger partial charge in [-0.15, -0.1) is 0 Å². The average molecular weight is 248 g/mol. The molecular formula is C16H24O2. The first kappa shape index (κ1) is 13.6. The number of rotatable bonds is 2. The van der Waals surface area contributed by atoms with Crippen LogP contribution in [0.5, 0.6) is 0 Å². The molecule has 2 rings (SSSR count). The molecule has 0 amide bonds. The minimum atomic E-state index is -0.934. The molecule has 0 aromatic heterocycles. The third-order valence-electron chi connectivity index (χ3n) is 4.20. The van der Waals surface area contributed by atoms with E-state index in [-0.39, 0.29) is 0 Å². The predicted octanol–water partition coefficient (Wildman–Crippen LogP) is 3.42. The van der Waals surface area contributed by atoms with Crippen molar-refractivity contribution in [3.05, 3.63) is 34.9 Å². The van der Waals surface area contributed by atoms with Crippen molar-refractivity contribution in [2.45, 2.75) is 64.1 Å². The van der Waals surface area contributed by atoms with Crippen molar-refractivity contribution in [1.29, 1.82) is 0 Å². The van der Waals surface area contributed by atoms with Crippen molar-refractivity contribution in [1.82, 2.24) is 0 Å². The second kappa shape index (κ2) is 5.41. The van der Waals surface area contributed by atoms with Crippen LogP contribution in [-0.2, 0) is 0 Å². The average Bonchev–Trinajstić information content (AvgIpc) is 2.54. The Hall–Kier alpha value is -0.860. The highest BCUT2D eigenvalue weighted by molar-refractivity contribution is 5.33. The van der Waals surface area contributed by atoms with Crippen LogP contribution in [0.25, 0.3) is 0 Å². The van der Waals surface area contributed by atoms with E-state index in [9.17, 15) is 10.2 Å². The van der Waals surface area contributed by atoms with Gasteiger partial charge < -0.3 is 10.2 Å². The molecule has 1 atom stereocenters. The maximum atomic E-state index is 10.7. The van der Waals surface area contributed by atoms with E-state index < -0.39 is 11.7 Å². The summed E-state index contributed by atoms with van der Waals surface area (Å²) in [6, 6.07) is 6.03. The number of hydrogen-bond acceptors (Lipinski definition) is 2. The molecule has 2 heteroatoms. The molecule has 0 spiro atoms. The lowest BCUT2D eigenvalue weighted by molar-refractivity contribution is -0.0869. The van der Waals surface area contributed by atoms with Gasteiger partial charge in [0.1, 0.15) is 6.10 Å². The zero-order chi connectivity index (χ0) is 13.2. The summed E-state index contributed by atoms with van der Waals surface area (Å²) in [5.41, 5.74) is 2.21. The fourth-order valence-corrected chi connectivity index (χ4v) is 3.04. The summed E-state index contributed by atoms with van der Waals surface area (Å²) in [4.78, 5) is 0. The Morgan fingerprint density at radius 3 is 2.22 bits per heavy atom. The molecule has 1 aliphatic carbocycles. The lowest BCUT2D eigenvalue weighted by Crippen LogP contribution is -2.36. The van der Waals surface area contributed by atoms with E-state index in [1.165, 1.54) is 18.4 Å². The second-order valence-corrected chi connectivity index (χ2v) is 5.78. The summed E-state index contributed by atoms with van der Waals surface area (Å²) in [6.07, 6.45) is 5.03. The van der Waals surface area contributed by atoms with Gasteiger partial charge in [-0.3, -0.25) is 0 Å². The Morgan fingerprint density at radius 1 is 1.06 bits per heavy atom. The van der Waals surface area contributed by atoms with Gasteiger partial charge in [-0.2, -0.15) is 0 Å². The van der Waals surface area contributed by atoms with Gasteiger partial charge >= 0.3 is 0 Å². The Labute approximate surface area is 110 Å².